The Bertz CT molecular complexity index is 528. The number of nitro groups is 1. The van der Waals surface area contributed by atoms with Crippen molar-refractivity contribution in [3.8, 4) is 0 Å². The molecule has 1 aromatic heterocycles. The van der Waals surface area contributed by atoms with Gasteiger partial charge in [-0.3, -0.25) is 24.9 Å². The number of aromatic nitrogens is 2. The van der Waals surface area contributed by atoms with E-state index in [4.69, 9.17) is 0 Å². The van der Waals surface area contributed by atoms with Crippen LogP contribution in [0.4, 0.5) is 5.69 Å². The minimum absolute atomic E-state index is 0. The first kappa shape index (κ1) is 13.5. The number of ether oxygens (including phenoxy) is 1. The lowest BCUT2D eigenvalue weighted by molar-refractivity contribution is -0.387. The third-order valence-corrected chi connectivity index (χ3v) is 1.49. The highest BCUT2D eigenvalue weighted by molar-refractivity contribution is 5.91. The lowest BCUT2D eigenvalue weighted by atomic mass is 10.3. The fourth-order valence-electron chi connectivity index (χ4n) is 0.904. The van der Waals surface area contributed by atoms with Gasteiger partial charge in [0, 0.05) is 0 Å². The van der Waals surface area contributed by atoms with Crippen molar-refractivity contribution in [2.24, 2.45) is 0 Å². The molecular formula is C6H7N3O7. The van der Waals surface area contributed by atoms with Gasteiger partial charge in [0.15, 0.2) is 0 Å². The summed E-state index contributed by atoms with van der Waals surface area (Å²) in [5.41, 5.74) is -4.12. The Labute approximate surface area is 86.3 Å². The van der Waals surface area contributed by atoms with Crippen LogP contribution in [0, 0.1) is 10.1 Å². The molecule has 0 saturated heterocycles. The summed E-state index contributed by atoms with van der Waals surface area (Å²) in [6.45, 7) is 0. The molecule has 0 spiro atoms. The number of methoxy groups -OCH3 is 1. The van der Waals surface area contributed by atoms with Crippen molar-refractivity contribution < 1.29 is 19.9 Å². The molecule has 0 amide bonds. The summed E-state index contributed by atoms with van der Waals surface area (Å²) in [7, 11) is 0.964. The summed E-state index contributed by atoms with van der Waals surface area (Å²) < 4.78 is 4.17. The van der Waals surface area contributed by atoms with Crippen LogP contribution in [0.2, 0.25) is 0 Å². The molecule has 0 aromatic carbocycles. The fraction of sp³-hybridized carbons (Fsp3) is 0.167. The van der Waals surface area contributed by atoms with Crippen molar-refractivity contribution in [3.05, 3.63) is 36.6 Å². The maximum Gasteiger partial charge on any atom is 0.364 e. The van der Waals surface area contributed by atoms with Crippen LogP contribution < -0.4 is 11.2 Å². The number of aromatic amines is 2. The quantitative estimate of drug-likeness (QED) is 0.338. The van der Waals surface area contributed by atoms with Crippen LogP contribution in [0.5, 0.6) is 0 Å². The SMILES string of the molecule is COC(=O)c1[nH]c(=O)[nH]c(=O)c1[N+](=O)[O-].O. The lowest BCUT2D eigenvalue weighted by Crippen LogP contribution is -2.28. The zero-order valence-electron chi connectivity index (χ0n) is 7.90. The van der Waals surface area contributed by atoms with Crippen molar-refractivity contribution in [1.82, 2.24) is 9.97 Å². The predicted molar refractivity (Wildman–Crippen MR) is 49.3 cm³/mol. The molecule has 4 N–H and O–H groups in total. The minimum Gasteiger partial charge on any atom is -0.464 e. The largest absolute Gasteiger partial charge is 0.464 e. The number of rotatable bonds is 2. The summed E-state index contributed by atoms with van der Waals surface area (Å²) in [5, 5.41) is 10.4. The zero-order valence-corrected chi connectivity index (χ0v) is 7.90. The molecule has 0 aliphatic rings. The number of hydrogen-bond acceptors (Lipinski definition) is 6. The first-order chi connectivity index (χ1) is 6.97. The molecule has 0 radical (unpaired) electrons. The van der Waals surface area contributed by atoms with Crippen molar-refractivity contribution >= 4 is 11.7 Å². The third kappa shape index (κ3) is 2.30. The number of carbonyl (C=O) groups is 1. The van der Waals surface area contributed by atoms with E-state index < -0.39 is 33.5 Å². The van der Waals surface area contributed by atoms with E-state index in [1.807, 2.05) is 4.98 Å². The number of nitrogens with one attached hydrogen (secondary N) is 2. The molecule has 10 heteroatoms. The minimum atomic E-state index is -1.26. The molecule has 0 atom stereocenters. The van der Waals surface area contributed by atoms with E-state index >= 15 is 0 Å². The second-order valence-corrected chi connectivity index (χ2v) is 2.38. The summed E-state index contributed by atoms with van der Waals surface area (Å²) in [6, 6.07) is 0. The van der Waals surface area contributed by atoms with Gasteiger partial charge in [-0.1, -0.05) is 0 Å². The van der Waals surface area contributed by atoms with Gasteiger partial charge in [-0.05, 0) is 0 Å². The standard InChI is InChI=1S/C6H5N3O6.H2O/c1-15-5(11)2-3(9(13)14)4(10)8-6(12)7-2;/h1H3,(H2,7,8,10,12);1H2. The second-order valence-electron chi connectivity index (χ2n) is 2.38. The van der Waals surface area contributed by atoms with Crippen molar-refractivity contribution in [2.45, 2.75) is 0 Å². The molecule has 1 aromatic rings. The molecule has 0 aliphatic heterocycles. The number of esters is 1. The molecule has 0 aliphatic carbocycles. The molecule has 16 heavy (non-hydrogen) atoms. The lowest BCUT2D eigenvalue weighted by Gasteiger charge is -1.98. The Morgan fingerprint density at radius 2 is 1.94 bits per heavy atom. The molecule has 1 rings (SSSR count). The van der Waals surface area contributed by atoms with Gasteiger partial charge in [-0.25, -0.2) is 9.59 Å². The van der Waals surface area contributed by atoms with E-state index in [-0.39, 0.29) is 5.48 Å². The first-order valence-corrected chi connectivity index (χ1v) is 3.56. The second kappa shape index (κ2) is 4.84. The number of hydrogen-bond donors (Lipinski definition) is 2. The topological polar surface area (TPSA) is 167 Å². The summed E-state index contributed by atoms with van der Waals surface area (Å²) in [5.74, 6) is -1.16. The predicted octanol–water partition coefficient (Wildman–Crippen LogP) is -2.07. The van der Waals surface area contributed by atoms with Crippen molar-refractivity contribution in [3.63, 3.8) is 0 Å². The summed E-state index contributed by atoms with van der Waals surface area (Å²) >= 11 is 0. The maximum absolute atomic E-state index is 11.0. The van der Waals surface area contributed by atoms with Crippen LogP contribution in [0.25, 0.3) is 0 Å². The monoisotopic (exact) mass is 233 g/mol. The van der Waals surface area contributed by atoms with Gasteiger partial charge in [0.25, 0.3) is 0 Å². The number of nitrogens with zero attached hydrogens (tertiary/aromatic N) is 1. The molecule has 1 heterocycles. The third-order valence-electron chi connectivity index (χ3n) is 1.49. The summed E-state index contributed by atoms with van der Waals surface area (Å²) in [4.78, 5) is 45.5. The van der Waals surface area contributed by atoms with Crippen LogP contribution in [0.3, 0.4) is 0 Å². The Morgan fingerprint density at radius 3 is 2.38 bits per heavy atom. The molecule has 10 nitrogen and oxygen atoms in total. The normalized spacial score (nSPS) is 9.06. The van der Waals surface area contributed by atoms with Gasteiger partial charge in [0.05, 0.1) is 12.0 Å². The van der Waals surface area contributed by atoms with Gasteiger partial charge in [-0.2, -0.15) is 0 Å². The summed E-state index contributed by atoms with van der Waals surface area (Å²) in [6.07, 6.45) is 0. The highest BCUT2D eigenvalue weighted by Gasteiger charge is 2.26. The van der Waals surface area contributed by atoms with Crippen molar-refractivity contribution in [1.29, 1.82) is 0 Å². The van der Waals surface area contributed by atoms with E-state index in [0.717, 1.165) is 7.11 Å². The average molecular weight is 233 g/mol. The van der Waals surface area contributed by atoms with Crippen LogP contribution >= 0.6 is 0 Å². The van der Waals surface area contributed by atoms with Gasteiger partial charge in [0.2, 0.25) is 5.69 Å². The van der Waals surface area contributed by atoms with E-state index in [1.54, 1.807) is 4.98 Å². The van der Waals surface area contributed by atoms with Crippen molar-refractivity contribution in [2.75, 3.05) is 7.11 Å². The first-order valence-electron chi connectivity index (χ1n) is 3.56. The molecule has 0 saturated carbocycles. The Balaban J connectivity index is 0.00000225. The van der Waals surface area contributed by atoms with Gasteiger partial charge < -0.3 is 10.2 Å². The van der Waals surface area contributed by atoms with Crippen LogP contribution in [0.1, 0.15) is 10.5 Å². The maximum atomic E-state index is 11.0. The van der Waals surface area contributed by atoms with Crippen LogP contribution in [-0.4, -0.2) is 33.4 Å². The smallest absolute Gasteiger partial charge is 0.364 e. The Morgan fingerprint density at radius 1 is 1.38 bits per heavy atom. The van der Waals surface area contributed by atoms with Gasteiger partial charge in [-0.15, -0.1) is 0 Å². The van der Waals surface area contributed by atoms with Gasteiger partial charge >= 0.3 is 22.9 Å². The molecular weight excluding hydrogens is 226 g/mol. The Hall–Kier alpha value is -2.49. The van der Waals surface area contributed by atoms with E-state index in [0.29, 0.717) is 0 Å². The van der Waals surface area contributed by atoms with Gasteiger partial charge in [0.1, 0.15) is 0 Å². The van der Waals surface area contributed by atoms with Crippen LogP contribution in [-0.2, 0) is 4.74 Å². The van der Waals surface area contributed by atoms with E-state index in [1.165, 1.54) is 0 Å². The average Bonchev–Trinajstić information content (AvgIpc) is 2.14. The molecule has 0 unspecified atom stereocenters. The molecule has 88 valence electrons. The highest BCUT2D eigenvalue weighted by Crippen LogP contribution is 2.08. The number of carbonyl (C=O) groups excluding carboxylic acids is 1. The highest BCUT2D eigenvalue weighted by atomic mass is 16.6. The van der Waals surface area contributed by atoms with E-state index in [9.17, 15) is 24.5 Å². The fourth-order valence-corrected chi connectivity index (χ4v) is 0.904. The Kier molecular flexibility index (Phi) is 4.08. The molecule has 0 fully saturated rings. The number of H-pyrrole nitrogens is 2. The van der Waals surface area contributed by atoms with Crippen LogP contribution in [0.15, 0.2) is 9.59 Å². The molecule has 0 bridgehead atoms. The zero-order chi connectivity index (χ0) is 11.6. The van der Waals surface area contributed by atoms with E-state index in [2.05, 4.69) is 4.74 Å².